The molecule has 0 aliphatic carbocycles. The van der Waals surface area contributed by atoms with Crippen LogP contribution in [0, 0.1) is 0 Å². The molecule has 0 fully saturated rings. The second-order valence-electron chi connectivity index (χ2n) is 4.01. The van der Waals surface area contributed by atoms with E-state index in [9.17, 15) is 0 Å². The molecule has 0 saturated heterocycles. The highest BCUT2D eigenvalue weighted by atomic mass is 79.9. The summed E-state index contributed by atoms with van der Waals surface area (Å²) in [5.74, 6) is 0. The zero-order valence-electron chi connectivity index (χ0n) is 9.43. The van der Waals surface area contributed by atoms with Crippen LogP contribution >= 0.6 is 27.3 Å². The summed E-state index contributed by atoms with van der Waals surface area (Å²) < 4.78 is 0.911. The molecule has 3 rings (SSSR count). The Morgan fingerprint density at radius 2 is 2.00 bits per heavy atom. The standard InChI is InChI=1S/C12H12BrN3S/c1-15-6-7-16(12-14-11(13)8-17-12)10-5-3-2-4-9(10)15/h2-5,8H,6-7H2,1H3. The van der Waals surface area contributed by atoms with Crippen LogP contribution in [-0.2, 0) is 0 Å². The van der Waals surface area contributed by atoms with Gasteiger partial charge in [-0.2, -0.15) is 0 Å². The second kappa shape index (κ2) is 4.31. The van der Waals surface area contributed by atoms with Crippen molar-refractivity contribution >= 4 is 43.8 Å². The molecule has 1 aromatic heterocycles. The molecule has 0 saturated carbocycles. The number of aromatic nitrogens is 1. The molecule has 0 spiro atoms. The van der Waals surface area contributed by atoms with E-state index in [2.05, 4.69) is 62.0 Å². The second-order valence-corrected chi connectivity index (χ2v) is 5.66. The van der Waals surface area contributed by atoms with Gasteiger partial charge < -0.3 is 9.80 Å². The van der Waals surface area contributed by atoms with Crippen molar-refractivity contribution in [1.29, 1.82) is 0 Å². The molecule has 88 valence electrons. The lowest BCUT2D eigenvalue weighted by molar-refractivity contribution is 0.819. The molecule has 0 bridgehead atoms. The first-order chi connectivity index (χ1) is 8.25. The van der Waals surface area contributed by atoms with Gasteiger partial charge in [0, 0.05) is 25.5 Å². The van der Waals surface area contributed by atoms with E-state index < -0.39 is 0 Å². The molecule has 5 heteroatoms. The first-order valence-electron chi connectivity index (χ1n) is 5.44. The van der Waals surface area contributed by atoms with Crippen LogP contribution in [0.5, 0.6) is 0 Å². The Labute approximate surface area is 113 Å². The van der Waals surface area contributed by atoms with Crippen LogP contribution in [0.3, 0.4) is 0 Å². The highest BCUT2D eigenvalue weighted by molar-refractivity contribution is 9.10. The highest BCUT2D eigenvalue weighted by Crippen LogP contribution is 2.38. The number of hydrogen-bond acceptors (Lipinski definition) is 4. The number of para-hydroxylation sites is 2. The molecule has 0 atom stereocenters. The SMILES string of the molecule is CN1CCN(c2nc(Br)cs2)c2ccccc21. The third-order valence-corrected chi connectivity index (χ3v) is 4.51. The number of anilines is 3. The highest BCUT2D eigenvalue weighted by Gasteiger charge is 2.22. The van der Waals surface area contributed by atoms with Crippen LogP contribution in [0.4, 0.5) is 16.5 Å². The summed E-state index contributed by atoms with van der Waals surface area (Å²) in [6, 6.07) is 8.47. The Kier molecular flexibility index (Phi) is 2.80. The quantitative estimate of drug-likeness (QED) is 0.804. The van der Waals surface area contributed by atoms with E-state index in [1.807, 2.05) is 5.38 Å². The van der Waals surface area contributed by atoms with E-state index in [4.69, 9.17) is 0 Å². The molecular formula is C12H12BrN3S. The Balaban J connectivity index is 2.06. The van der Waals surface area contributed by atoms with Gasteiger partial charge >= 0.3 is 0 Å². The van der Waals surface area contributed by atoms with Crippen molar-refractivity contribution in [2.75, 3.05) is 29.9 Å². The lowest BCUT2D eigenvalue weighted by Gasteiger charge is -2.35. The summed E-state index contributed by atoms with van der Waals surface area (Å²) in [4.78, 5) is 9.07. The molecule has 2 aromatic rings. The van der Waals surface area contributed by atoms with Crippen LogP contribution in [-0.4, -0.2) is 25.1 Å². The summed E-state index contributed by atoms with van der Waals surface area (Å²) in [6.45, 7) is 2.00. The van der Waals surface area contributed by atoms with Gasteiger partial charge in [-0.25, -0.2) is 4.98 Å². The Morgan fingerprint density at radius 3 is 2.71 bits per heavy atom. The number of thiazole rings is 1. The number of hydrogen-bond donors (Lipinski definition) is 0. The lowest BCUT2D eigenvalue weighted by atomic mass is 10.2. The fraction of sp³-hybridized carbons (Fsp3) is 0.250. The van der Waals surface area contributed by atoms with Crippen molar-refractivity contribution in [3.8, 4) is 0 Å². The molecule has 1 aliphatic rings. The number of likely N-dealkylation sites (N-methyl/N-ethyl adjacent to an activating group) is 1. The first-order valence-corrected chi connectivity index (χ1v) is 7.12. The van der Waals surface area contributed by atoms with Crippen LogP contribution in [0.15, 0.2) is 34.2 Å². The van der Waals surface area contributed by atoms with Gasteiger partial charge in [0.05, 0.1) is 11.4 Å². The predicted molar refractivity (Wildman–Crippen MR) is 76.5 cm³/mol. The molecule has 1 aromatic carbocycles. The number of fused-ring (bicyclic) bond motifs is 1. The minimum absolute atomic E-state index is 0.911. The molecule has 0 radical (unpaired) electrons. The Hall–Kier alpha value is -1.07. The van der Waals surface area contributed by atoms with Gasteiger partial charge in [0.25, 0.3) is 0 Å². The van der Waals surface area contributed by atoms with E-state index in [0.717, 1.165) is 22.8 Å². The smallest absolute Gasteiger partial charge is 0.191 e. The molecular weight excluding hydrogens is 298 g/mol. The molecule has 2 heterocycles. The van der Waals surface area contributed by atoms with Crippen molar-refractivity contribution in [3.05, 3.63) is 34.2 Å². The van der Waals surface area contributed by atoms with E-state index >= 15 is 0 Å². The number of nitrogens with zero attached hydrogens (tertiary/aromatic N) is 3. The maximum absolute atomic E-state index is 4.50. The minimum Gasteiger partial charge on any atom is -0.371 e. The van der Waals surface area contributed by atoms with Gasteiger partial charge in [-0.1, -0.05) is 12.1 Å². The largest absolute Gasteiger partial charge is 0.371 e. The molecule has 17 heavy (non-hydrogen) atoms. The maximum Gasteiger partial charge on any atom is 0.191 e. The van der Waals surface area contributed by atoms with Crippen LogP contribution < -0.4 is 9.80 Å². The summed E-state index contributed by atoms with van der Waals surface area (Å²) in [5.41, 5.74) is 2.51. The monoisotopic (exact) mass is 309 g/mol. The third kappa shape index (κ3) is 1.93. The summed E-state index contributed by atoms with van der Waals surface area (Å²) in [5, 5.41) is 3.08. The fourth-order valence-electron chi connectivity index (χ4n) is 2.07. The van der Waals surface area contributed by atoms with Crippen molar-refractivity contribution in [2.24, 2.45) is 0 Å². The van der Waals surface area contributed by atoms with Crippen LogP contribution in [0.25, 0.3) is 0 Å². The average molecular weight is 310 g/mol. The zero-order valence-corrected chi connectivity index (χ0v) is 11.8. The zero-order chi connectivity index (χ0) is 11.8. The fourth-order valence-corrected chi connectivity index (χ4v) is 3.36. The first kappa shape index (κ1) is 11.0. The van der Waals surface area contributed by atoms with Crippen LogP contribution in [0.2, 0.25) is 0 Å². The third-order valence-electron chi connectivity index (χ3n) is 2.94. The van der Waals surface area contributed by atoms with Gasteiger partial charge in [-0.05, 0) is 28.1 Å². The summed E-state index contributed by atoms with van der Waals surface area (Å²) >= 11 is 5.08. The van der Waals surface area contributed by atoms with Crippen molar-refractivity contribution in [3.63, 3.8) is 0 Å². The topological polar surface area (TPSA) is 19.4 Å². The Morgan fingerprint density at radius 1 is 1.24 bits per heavy atom. The molecule has 0 unspecified atom stereocenters. The van der Waals surface area contributed by atoms with E-state index in [-0.39, 0.29) is 0 Å². The van der Waals surface area contributed by atoms with Gasteiger partial charge in [0.15, 0.2) is 5.13 Å². The normalized spacial score (nSPS) is 14.9. The van der Waals surface area contributed by atoms with E-state index in [1.165, 1.54) is 11.4 Å². The van der Waals surface area contributed by atoms with Gasteiger partial charge in [0.1, 0.15) is 4.60 Å². The molecule has 1 aliphatic heterocycles. The number of rotatable bonds is 1. The van der Waals surface area contributed by atoms with Gasteiger partial charge in [-0.15, -0.1) is 11.3 Å². The average Bonchev–Trinajstić information content (AvgIpc) is 2.77. The number of benzene rings is 1. The molecule has 0 N–H and O–H groups in total. The van der Waals surface area contributed by atoms with Crippen molar-refractivity contribution < 1.29 is 0 Å². The maximum atomic E-state index is 4.50. The van der Waals surface area contributed by atoms with Crippen LogP contribution in [0.1, 0.15) is 0 Å². The predicted octanol–water partition coefficient (Wildman–Crippen LogP) is 3.49. The number of halogens is 1. The summed E-state index contributed by atoms with van der Waals surface area (Å²) in [6.07, 6.45) is 0. The lowest BCUT2D eigenvalue weighted by Crippen LogP contribution is -2.36. The Bertz CT molecular complexity index is 540. The molecule has 0 amide bonds. The van der Waals surface area contributed by atoms with Gasteiger partial charge in [0.2, 0.25) is 0 Å². The summed E-state index contributed by atoms with van der Waals surface area (Å²) in [7, 11) is 2.13. The van der Waals surface area contributed by atoms with E-state index in [1.54, 1.807) is 11.3 Å². The molecule has 3 nitrogen and oxygen atoms in total. The van der Waals surface area contributed by atoms with Crippen molar-refractivity contribution in [1.82, 2.24) is 4.98 Å². The van der Waals surface area contributed by atoms with Gasteiger partial charge in [-0.3, -0.25) is 0 Å². The van der Waals surface area contributed by atoms with Crippen molar-refractivity contribution in [2.45, 2.75) is 0 Å². The van der Waals surface area contributed by atoms with E-state index in [0.29, 0.717) is 0 Å². The minimum atomic E-state index is 0.911.